The summed E-state index contributed by atoms with van der Waals surface area (Å²) < 4.78 is 40.3. The van der Waals surface area contributed by atoms with E-state index in [-0.39, 0.29) is 25.0 Å². The monoisotopic (exact) mass is 842 g/mol. The van der Waals surface area contributed by atoms with E-state index in [0.29, 0.717) is 30.7 Å². The Morgan fingerprint density at radius 1 is 1.03 bits per heavy atom. The van der Waals surface area contributed by atoms with Gasteiger partial charge in [0, 0.05) is 35.0 Å². The Balaban J connectivity index is 1.29. The minimum atomic E-state index is -4.06. The first-order valence-electron chi connectivity index (χ1n) is 21.1. The lowest BCUT2D eigenvalue weighted by Gasteiger charge is -2.37. The van der Waals surface area contributed by atoms with Crippen molar-refractivity contribution in [1.82, 2.24) is 30.2 Å². The third-order valence-electron chi connectivity index (χ3n) is 12.9. The van der Waals surface area contributed by atoms with Crippen molar-refractivity contribution in [2.75, 3.05) is 6.54 Å². The van der Waals surface area contributed by atoms with Crippen LogP contribution in [-0.2, 0) is 35.6 Å². The van der Waals surface area contributed by atoms with E-state index in [0.717, 1.165) is 54.3 Å². The fourth-order valence-corrected chi connectivity index (χ4v) is 9.64. The summed E-state index contributed by atoms with van der Waals surface area (Å²) in [5, 5.41) is 6.58. The standard InChI is InChI=1S/C45H58N6O8S/c1-8-27(2)45(7,41(54)50-60(56,57)44(6)21-22-44)49-38(52)34-25-29-26-51(34)40(53)37(43(3,4)5)48-42(55)59-35-24-28(35)16-10-9-11-18-31-36(33-20-14-15-23-46-33)30-17-12-13-19-32(30)47-39(31)58-29/h8,12-15,17,19-20,23,27-29,34-35,37H,1,9-11,16,18,21-22,24-26H2,2-7H3,(H,48,55)(H,49,52)(H,50,54). The molecule has 0 spiro atoms. The lowest BCUT2D eigenvalue weighted by molar-refractivity contribution is -0.143. The number of nitrogens with zero attached hydrogens (tertiary/aromatic N) is 3. The normalized spacial score (nSPS) is 26.0. The Bertz CT molecular complexity index is 2280. The van der Waals surface area contributed by atoms with Gasteiger partial charge >= 0.3 is 6.09 Å². The van der Waals surface area contributed by atoms with E-state index in [1.807, 2.05) is 63.2 Å². The Morgan fingerprint density at radius 2 is 1.77 bits per heavy atom. The van der Waals surface area contributed by atoms with E-state index >= 15 is 0 Å². The number of ether oxygens (including phenoxy) is 2. The van der Waals surface area contributed by atoms with Crippen molar-refractivity contribution in [3.63, 3.8) is 0 Å². The van der Waals surface area contributed by atoms with Gasteiger partial charge in [-0.25, -0.2) is 18.2 Å². The van der Waals surface area contributed by atoms with Crippen LogP contribution < -0.4 is 20.1 Å². The molecule has 4 amide bonds. The zero-order chi connectivity index (χ0) is 43.2. The summed E-state index contributed by atoms with van der Waals surface area (Å²) in [5.41, 5.74) is 0.655. The van der Waals surface area contributed by atoms with Gasteiger partial charge in [-0.05, 0) is 81.9 Å². The van der Waals surface area contributed by atoms with Crippen LogP contribution in [0.15, 0.2) is 61.3 Å². The first kappa shape index (κ1) is 43.1. The van der Waals surface area contributed by atoms with Crippen molar-refractivity contribution in [2.24, 2.45) is 17.3 Å². The van der Waals surface area contributed by atoms with E-state index in [4.69, 9.17) is 19.4 Å². The molecule has 2 aromatic heterocycles. The summed E-state index contributed by atoms with van der Waals surface area (Å²) in [7, 11) is -4.06. The molecule has 7 rings (SSSR count). The summed E-state index contributed by atoms with van der Waals surface area (Å²) in [5.74, 6) is -2.26. The molecule has 2 saturated carbocycles. The number of fused-ring (bicyclic) bond motifs is 5. The van der Waals surface area contributed by atoms with Crippen LogP contribution in [0.2, 0.25) is 0 Å². The molecule has 7 unspecified atom stereocenters. The SMILES string of the molecule is C=CC(C)C(C)(NC(=O)C1CC2CN1C(=O)C(C(C)(C)C)NC(=O)OC1CC1CCCCCc1c(nc3ccccc3c1-c1ccccn1)O2)C(=O)NS(=O)(=O)C1(C)CC1. The number of sulfonamides is 1. The maximum Gasteiger partial charge on any atom is 0.408 e. The zero-order valence-electron chi connectivity index (χ0n) is 35.5. The number of alkyl carbamates (subject to hydrolysis) is 1. The minimum Gasteiger partial charge on any atom is -0.472 e. The molecule has 4 aliphatic rings. The van der Waals surface area contributed by atoms with Gasteiger partial charge in [0.15, 0.2) is 0 Å². The number of carbonyl (C=O) groups is 4. The molecule has 60 heavy (non-hydrogen) atoms. The Hall–Kier alpha value is -5.05. The van der Waals surface area contributed by atoms with Crippen molar-refractivity contribution in [3.05, 3.63) is 66.9 Å². The van der Waals surface area contributed by atoms with E-state index in [2.05, 4.69) is 21.9 Å². The minimum absolute atomic E-state index is 0.00599. The summed E-state index contributed by atoms with van der Waals surface area (Å²) in [6, 6.07) is 11.3. The largest absolute Gasteiger partial charge is 0.472 e. The van der Waals surface area contributed by atoms with Gasteiger partial charge in [-0.3, -0.25) is 24.1 Å². The molecule has 3 fully saturated rings. The van der Waals surface area contributed by atoms with Crippen LogP contribution in [0.3, 0.4) is 0 Å². The van der Waals surface area contributed by atoms with Crippen molar-refractivity contribution in [3.8, 4) is 17.1 Å². The highest BCUT2D eigenvalue weighted by Gasteiger charge is 2.54. The predicted molar refractivity (Wildman–Crippen MR) is 227 cm³/mol. The molecule has 14 nitrogen and oxygen atoms in total. The Labute approximate surface area is 352 Å². The highest BCUT2D eigenvalue weighted by Crippen LogP contribution is 2.43. The fourth-order valence-electron chi connectivity index (χ4n) is 8.30. The van der Waals surface area contributed by atoms with Crippen LogP contribution in [0, 0.1) is 17.3 Å². The number of para-hydroxylation sites is 1. The van der Waals surface area contributed by atoms with Gasteiger partial charge in [0.05, 0.1) is 22.5 Å². The van der Waals surface area contributed by atoms with Crippen molar-refractivity contribution >= 4 is 44.7 Å². The molecule has 15 heteroatoms. The van der Waals surface area contributed by atoms with Crippen molar-refractivity contribution < 1.29 is 37.1 Å². The quantitative estimate of drug-likeness (QED) is 0.228. The molecule has 1 saturated heterocycles. The van der Waals surface area contributed by atoms with Gasteiger partial charge in [-0.1, -0.05) is 70.9 Å². The molecule has 0 radical (unpaired) electrons. The van der Waals surface area contributed by atoms with Crippen molar-refractivity contribution in [1.29, 1.82) is 0 Å². The number of hydrogen-bond donors (Lipinski definition) is 3. The van der Waals surface area contributed by atoms with Crippen LogP contribution in [0.1, 0.15) is 98.5 Å². The number of pyridine rings is 2. The third kappa shape index (κ3) is 8.73. The van der Waals surface area contributed by atoms with E-state index in [9.17, 15) is 27.6 Å². The zero-order valence-corrected chi connectivity index (χ0v) is 36.3. The maximum atomic E-state index is 14.9. The summed E-state index contributed by atoms with van der Waals surface area (Å²) in [6.45, 7) is 13.9. The van der Waals surface area contributed by atoms with Crippen LogP contribution in [0.4, 0.5) is 4.79 Å². The number of amides is 4. The number of rotatable bonds is 8. The molecular formula is C45H58N6O8S. The van der Waals surface area contributed by atoms with E-state index in [1.165, 1.54) is 17.9 Å². The topological polar surface area (TPSA) is 186 Å². The van der Waals surface area contributed by atoms with E-state index in [1.54, 1.807) is 20.0 Å². The number of aromatic nitrogens is 2. The van der Waals surface area contributed by atoms with Crippen LogP contribution in [0.25, 0.3) is 22.2 Å². The lowest BCUT2D eigenvalue weighted by Crippen LogP contribution is -2.65. The average molecular weight is 843 g/mol. The van der Waals surface area contributed by atoms with Crippen LogP contribution in [-0.4, -0.2) is 88.2 Å². The van der Waals surface area contributed by atoms with E-state index < -0.39 is 73.6 Å². The highest BCUT2D eigenvalue weighted by molar-refractivity contribution is 7.91. The molecule has 2 bridgehead atoms. The number of hydrogen-bond acceptors (Lipinski definition) is 10. The number of carbonyl (C=O) groups excluding carboxylic acids is 4. The van der Waals surface area contributed by atoms with Crippen LogP contribution >= 0.6 is 0 Å². The smallest absolute Gasteiger partial charge is 0.408 e. The van der Waals surface area contributed by atoms with Gasteiger partial charge < -0.3 is 25.0 Å². The summed E-state index contributed by atoms with van der Waals surface area (Å²) in [4.78, 5) is 68.1. The average Bonchev–Trinajstić information content (AvgIpc) is 4.10. The molecule has 4 heterocycles. The number of nitrogens with one attached hydrogen (secondary N) is 3. The molecule has 7 atom stereocenters. The van der Waals surface area contributed by atoms with Gasteiger partial charge in [0.2, 0.25) is 27.7 Å². The molecule has 2 aliphatic heterocycles. The Morgan fingerprint density at radius 3 is 2.45 bits per heavy atom. The summed E-state index contributed by atoms with van der Waals surface area (Å²) >= 11 is 0. The van der Waals surface area contributed by atoms with Crippen LogP contribution in [0.5, 0.6) is 5.88 Å². The number of benzene rings is 1. The molecular weight excluding hydrogens is 785 g/mol. The second-order valence-corrected chi connectivity index (χ2v) is 20.8. The maximum absolute atomic E-state index is 14.9. The second-order valence-electron chi connectivity index (χ2n) is 18.6. The lowest BCUT2D eigenvalue weighted by atomic mass is 9.85. The van der Waals surface area contributed by atoms with Gasteiger partial charge in [-0.2, -0.15) is 0 Å². The Kier molecular flexibility index (Phi) is 11.8. The highest BCUT2D eigenvalue weighted by atomic mass is 32.2. The molecule has 2 aliphatic carbocycles. The second kappa shape index (κ2) is 16.4. The summed E-state index contributed by atoms with van der Waals surface area (Å²) in [6.07, 6.45) is 7.36. The first-order valence-corrected chi connectivity index (χ1v) is 22.6. The molecule has 3 aromatic rings. The van der Waals surface area contributed by atoms with Gasteiger partial charge in [0.25, 0.3) is 5.91 Å². The predicted octanol–water partition coefficient (Wildman–Crippen LogP) is 5.99. The van der Waals surface area contributed by atoms with Gasteiger partial charge in [-0.15, -0.1) is 6.58 Å². The van der Waals surface area contributed by atoms with Gasteiger partial charge in [0.1, 0.15) is 29.8 Å². The molecule has 3 N–H and O–H groups in total. The molecule has 322 valence electrons. The van der Waals surface area contributed by atoms with Crippen molar-refractivity contribution in [2.45, 2.75) is 134 Å². The first-order chi connectivity index (χ1) is 28.3. The molecule has 1 aromatic carbocycles. The fraction of sp³-hybridized carbons (Fsp3) is 0.556. The third-order valence-corrected chi connectivity index (χ3v) is 15.1.